The Morgan fingerprint density at radius 2 is 1.94 bits per heavy atom. The summed E-state index contributed by atoms with van der Waals surface area (Å²) in [5.41, 5.74) is 1.72. The summed E-state index contributed by atoms with van der Waals surface area (Å²) in [7, 11) is 0. The normalized spacial score (nSPS) is 11.0. The highest BCUT2D eigenvalue weighted by Crippen LogP contribution is 2.29. The molecule has 9 heteroatoms. The fourth-order valence-electron chi connectivity index (χ4n) is 3.28. The van der Waals surface area contributed by atoms with Gasteiger partial charge in [-0.1, -0.05) is 43.0 Å². The lowest BCUT2D eigenvalue weighted by Crippen LogP contribution is -2.15. The zero-order chi connectivity index (χ0) is 23.2. The van der Waals surface area contributed by atoms with Gasteiger partial charge in [0.15, 0.2) is 10.9 Å². The number of nitrogens with one attached hydrogen (secondary N) is 1. The first-order chi connectivity index (χ1) is 16.1. The second-order valence-electron chi connectivity index (χ2n) is 7.25. The maximum absolute atomic E-state index is 12.5. The number of aromatic nitrogens is 3. The molecule has 1 N–H and O–H groups in total. The first-order valence-corrected chi connectivity index (χ1v) is 11.7. The number of amides is 1. The molecule has 1 amide bonds. The SMILES string of the molecule is CCCOC(=O)c1cccc(NC(=O)CSc2nnc(-c3cc4ccccc4o3)n2CC)c1. The summed E-state index contributed by atoms with van der Waals surface area (Å²) in [6, 6.07) is 16.4. The summed E-state index contributed by atoms with van der Waals surface area (Å²) in [5.74, 6) is 0.776. The predicted octanol–water partition coefficient (Wildman–Crippen LogP) is 5.01. The number of fused-ring (bicyclic) bond motifs is 1. The first-order valence-electron chi connectivity index (χ1n) is 10.7. The number of thioether (sulfide) groups is 1. The van der Waals surface area contributed by atoms with Crippen LogP contribution < -0.4 is 5.32 Å². The summed E-state index contributed by atoms with van der Waals surface area (Å²) in [6.07, 6.45) is 0.750. The molecule has 4 aromatic rings. The van der Waals surface area contributed by atoms with Crippen LogP contribution in [0.4, 0.5) is 5.69 Å². The molecular weight excluding hydrogens is 440 g/mol. The largest absolute Gasteiger partial charge is 0.462 e. The van der Waals surface area contributed by atoms with E-state index in [2.05, 4.69) is 15.5 Å². The molecule has 0 aliphatic carbocycles. The molecule has 2 aromatic carbocycles. The second-order valence-corrected chi connectivity index (χ2v) is 8.19. The Balaban J connectivity index is 1.41. The fourth-order valence-corrected chi connectivity index (χ4v) is 4.09. The van der Waals surface area contributed by atoms with Crippen LogP contribution in [0.3, 0.4) is 0 Å². The molecule has 0 spiro atoms. The number of carbonyl (C=O) groups excluding carboxylic acids is 2. The Kier molecular flexibility index (Phi) is 7.09. The number of esters is 1. The molecule has 0 saturated carbocycles. The van der Waals surface area contributed by atoms with Gasteiger partial charge in [0.25, 0.3) is 0 Å². The lowest BCUT2D eigenvalue weighted by atomic mass is 10.2. The van der Waals surface area contributed by atoms with Crippen LogP contribution >= 0.6 is 11.8 Å². The molecule has 0 aliphatic rings. The molecule has 0 aliphatic heterocycles. The predicted molar refractivity (Wildman–Crippen MR) is 127 cm³/mol. The van der Waals surface area contributed by atoms with E-state index in [0.29, 0.717) is 41.1 Å². The van der Waals surface area contributed by atoms with Crippen molar-refractivity contribution < 1.29 is 18.7 Å². The Morgan fingerprint density at radius 3 is 2.73 bits per heavy atom. The Hall–Kier alpha value is -3.59. The maximum Gasteiger partial charge on any atom is 0.338 e. The molecule has 0 fully saturated rings. The molecule has 0 radical (unpaired) electrons. The first kappa shape index (κ1) is 22.6. The van der Waals surface area contributed by atoms with Crippen molar-refractivity contribution in [2.24, 2.45) is 0 Å². The summed E-state index contributed by atoms with van der Waals surface area (Å²) >= 11 is 1.29. The summed E-state index contributed by atoms with van der Waals surface area (Å²) in [6.45, 7) is 4.91. The average molecular weight is 465 g/mol. The Morgan fingerprint density at radius 1 is 1.09 bits per heavy atom. The van der Waals surface area contributed by atoms with E-state index in [1.54, 1.807) is 24.3 Å². The lowest BCUT2D eigenvalue weighted by Gasteiger charge is -2.08. The van der Waals surface area contributed by atoms with Gasteiger partial charge in [0.05, 0.1) is 17.9 Å². The van der Waals surface area contributed by atoms with E-state index in [4.69, 9.17) is 9.15 Å². The van der Waals surface area contributed by atoms with Crippen LogP contribution in [0.5, 0.6) is 0 Å². The van der Waals surface area contributed by atoms with Gasteiger partial charge in [0, 0.05) is 17.6 Å². The molecule has 0 saturated heterocycles. The number of anilines is 1. The molecule has 0 unspecified atom stereocenters. The van der Waals surface area contributed by atoms with E-state index in [9.17, 15) is 9.59 Å². The summed E-state index contributed by atoms with van der Waals surface area (Å²) < 4.78 is 13.0. The van der Waals surface area contributed by atoms with Crippen molar-refractivity contribution >= 4 is 40.3 Å². The Bertz CT molecular complexity index is 1250. The maximum atomic E-state index is 12.5. The quantitative estimate of drug-likeness (QED) is 0.275. The van der Waals surface area contributed by atoms with Gasteiger partial charge in [-0.05, 0) is 43.7 Å². The third-order valence-electron chi connectivity index (χ3n) is 4.83. The lowest BCUT2D eigenvalue weighted by molar-refractivity contribution is -0.113. The van der Waals surface area contributed by atoms with Crippen molar-refractivity contribution in [3.05, 3.63) is 60.2 Å². The average Bonchev–Trinajstić information content (AvgIpc) is 3.44. The molecule has 170 valence electrons. The van der Waals surface area contributed by atoms with Gasteiger partial charge >= 0.3 is 5.97 Å². The van der Waals surface area contributed by atoms with Crippen LogP contribution in [0.25, 0.3) is 22.6 Å². The van der Waals surface area contributed by atoms with Gasteiger partial charge < -0.3 is 14.5 Å². The van der Waals surface area contributed by atoms with E-state index < -0.39 is 5.97 Å². The van der Waals surface area contributed by atoms with Crippen LogP contribution in [-0.4, -0.2) is 39.0 Å². The van der Waals surface area contributed by atoms with Crippen molar-refractivity contribution in [1.29, 1.82) is 0 Å². The van der Waals surface area contributed by atoms with Gasteiger partial charge in [-0.25, -0.2) is 4.79 Å². The molecular formula is C24H24N4O4S. The van der Waals surface area contributed by atoms with Crippen LogP contribution in [0, 0.1) is 0 Å². The van der Waals surface area contributed by atoms with Gasteiger partial charge in [0.2, 0.25) is 11.7 Å². The van der Waals surface area contributed by atoms with Crippen LogP contribution in [0.1, 0.15) is 30.6 Å². The van der Waals surface area contributed by atoms with Gasteiger partial charge in [-0.3, -0.25) is 9.36 Å². The smallest absolute Gasteiger partial charge is 0.338 e. The van der Waals surface area contributed by atoms with E-state index >= 15 is 0 Å². The number of furan rings is 1. The highest BCUT2D eigenvalue weighted by Gasteiger charge is 2.18. The van der Waals surface area contributed by atoms with E-state index in [1.165, 1.54) is 11.8 Å². The topological polar surface area (TPSA) is 99.2 Å². The minimum Gasteiger partial charge on any atom is -0.462 e. The highest BCUT2D eigenvalue weighted by atomic mass is 32.2. The van der Waals surface area contributed by atoms with Gasteiger partial charge in [0.1, 0.15) is 5.58 Å². The number of para-hydroxylation sites is 1. The van der Waals surface area contributed by atoms with E-state index in [-0.39, 0.29) is 11.7 Å². The number of carbonyl (C=O) groups is 2. The van der Waals surface area contributed by atoms with Crippen LogP contribution in [-0.2, 0) is 16.1 Å². The van der Waals surface area contributed by atoms with Gasteiger partial charge in [-0.15, -0.1) is 10.2 Å². The number of hydrogen-bond donors (Lipinski definition) is 1. The van der Waals surface area contributed by atoms with Crippen molar-refractivity contribution in [1.82, 2.24) is 14.8 Å². The molecule has 8 nitrogen and oxygen atoms in total. The number of nitrogens with zero attached hydrogens (tertiary/aromatic N) is 3. The molecule has 0 atom stereocenters. The standard InChI is InChI=1S/C24H24N4O4S/c1-3-12-31-23(30)17-9-7-10-18(13-17)25-21(29)15-33-24-27-26-22(28(24)4-2)20-14-16-8-5-6-11-19(16)32-20/h5-11,13-14H,3-4,12,15H2,1-2H3,(H,25,29). The number of rotatable bonds is 9. The highest BCUT2D eigenvalue weighted by molar-refractivity contribution is 7.99. The van der Waals surface area contributed by atoms with Crippen molar-refractivity contribution in [2.45, 2.75) is 32.0 Å². The zero-order valence-corrected chi connectivity index (χ0v) is 19.2. The third kappa shape index (κ3) is 5.25. The number of hydrogen-bond acceptors (Lipinski definition) is 7. The molecule has 2 aromatic heterocycles. The van der Waals surface area contributed by atoms with E-state index in [0.717, 1.165) is 17.4 Å². The minimum absolute atomic E-state index is 0.142. The van der Waals surface area contributed by atoms with Crippen molar-refractivity contribution in [3.8, 4) is 11.6 Å². The number of ether oxygens (including phenoxy) is 1. The second kappa shape index (κ2) is 10.4. The zero-order valence-electron chi connectivity index (χ0n) is 18.4. The van der Waals surface area contributed by atoms with Crippen molar-refractivity contribution in [2.75, 3.05) is 17.7 Å². The van der Waals surface area contributed by atoms with E-state index in [1.807, 2.05) is 48.7 Å². The van der Waals surface area contributed by atoms with Crippen LogP contribution in [0.15, 0.2) is 64.2 Å². The monoisotopic (exact) mass is 464 g/mol. The molecule has 2 heterocycles. The minimum atomic E-state index is -0.406. The molecule has 4 rings (SSSR count). The molecule has 33 heavy (non-hydrogen) atoms. The van der Waals surface area contributed by atoms with Crippen molar-refractivity contribution in [3.63, 3.8) is 0 Å². The molecule has 0 bridgehead atoms. The number of benzene rings is 2. The Labute approximate surface area is 195 Å². The summed E-state index contributed by atoms with van der Waals surface area (Å²) in [4.78, 5) is 24.5. The fraction of sp³-hybridized carbons (Fsp3) is 0.250. The van der Waals surface area contributed by atoms with Gasteiger partial charge in [-0.2, -0.15) is 0 Å². The summed E-state index contributed by atoms with van der Waals surface area (Å²) in [5, 5.41) is 13.0. The van der Waals surface area contributed by atoms with Crippen LogP contribution in [0.2, 0.25) is 0 Å². The third-order valence-corrected chi connectivity index (χ3v) is 5.80.